The number of halogens is 8. The molecular weight excluding hydrogens is 586 g/mol. The van der Waals surface area contributed by atoms with Gasteiger partial charge in [-0.15, -0.1) is 5.10 Å². The molecule has 1 atom stereocenters. The summed E-state index contributed by atoms with van der Waals surface area (Å²) in [7, 11) is 0. The third-order valence-corrected chi connectivity index (χ3v) is 6.11. The Hall–Kier alpha value is -3.94. The normalized spacial score (nSPS) is 13.2. The van der Waals surface area contributed by atoms with Gasteiger partial charge < -0.3 is 10.4 Å². The van der Waals surface area contributed by atoms with Crippen molar-refractivity contribution in [1.82, 2.24) is 25.2 Å². The van der Waals surface area contributed by atoms with Crippen molar-refractivity contribution in [3.63, 3.8) is 0 Å². The van der Waals surface area contributed by atoms with Gasteiger partial charge in [0.2, 0.25) is 5.16 Å². The quantitative estimate of drug-likeness (QED) is 0.194. The van der Waals surface area contributed by atoms with Crippen LogP contribution < -0.4 is 5.32 Å². The first kappa shape index (κ1) is 30.6. The molecule has 0 aliphatic carbocycles. The summed E-state index contributed by atoms with van der Waals surface area (Å²) in [6.45, 7) is 1.65. The fourth-order valence-corrected chi connectivity index (χ4v) is 3.86. The predicted molar refractivity (Wildman–Crippen MR) is 118 cm³/mol. The average Bonchev–Trinajstić information content (AvgIpc) is 3.29. The van der Waals surface area contributed by atoms with Crippen molar-refractivity contribution in [3.05, 3.63) is 57.5 Å². The number of rotatable bonds is 10. The second-order valence-electron chi connectivity index (χ2n) is 8.02. The number of aliphatic hydroxyl groups is 1. The van der Waals surface area contributed by atoms with Crippen molar-refractivity contribution in [2.75, 3.05) is 5.32 Å². The molecule has 1 unspecified atom stereocenters. The molecule has 0 bridgehead atoms. The molecule has 11 nitrogen and oxygen atoms in total. The van der Waals surface area contributed by atoms with Gasteiger partial charge in [-0.05, 0) is 47.7 Å². The van der Waals surface area contributed by atoms with Crippen LogP contribution in [0.25, 0.3) is 0 Å². The van der Waals surface area contributed by atoms with Crippen LogP contribution >= 0.6 is 11.8 Å². The van der Waals surface area contributed by atoms with Gasteiger partial charge >= 0.3 is 18.0 Å². The number of anilines is 1. The number of amides is 1. The topological polar surface area (TPSA) is 149 Å². The number of alkyl halides is 7. The van der Waals surface area contributed by atoms with Gasteiger partial charge in [-0.2, -0.15) is 30.7 Å². The molecule has 0 fully saturated rings. The maximum Gasteiger partial charge on any atom is 0.460 e. The Balaban J connectivity index is 1.93. The van der Waals surface area contributed by atoms with Gasteiger partial charge in [-0.3, -0.25) is 14.9 Å². The van der Waals surface area contributed by atoms with Gasteiger partial charge in [0.25, 0.3) is 11.6 Å². The number of carbonyl (C=O) groups is 1. The number of non-ortho nitro benzene ring substituents is 1. The van der Waals surface area contributed by atoms with E-state index in [-0.39, 0.29) is 35.3 Å². The van der Waals surface area contributed by atoms with Crippen LogP contribution in [0.5, 0.6) is 0 Å². The van der Waals surface area contributed by atoms with E-state index in [1.54, 1.807) is 0 Å². The second kappa shape index (κ2) is 11.3. The molecule has 2 heterocycles. The van der Waals surface area contributed by atoms with Crippen LogP contribution in [0.15, 0.2) is 40.5 Å². The van der Waals surface area contributed by atoms with Crippen LogP contribution in [-0.4, -0.2) is 59.3 Å². The molecule has 3 aromatic rings. The zero-order valence-corrected chi connectivity index (χ0v) is 20.5. The Morgan fingerprint density at radius 2 is 1.88 bits per heavy atom. The summed E-state index contributed by atoms with van der Waals surface area (Å²) >= 11 is 0.732. The standard InChI is InChI=1S/C20H15F8N7O4S/c1-9(36)4-5-34-17(31-32-33-34)40-14-3-2-11(35(38)39)7-12(14)16(37)30-15-13(21)6-10(8-29-15)18(22,23)19(24,25)20(26,27)28/h2-3,6-9,36H,4-5H2,1H3,(H,29,30,37). The van der Waals surface area contributed by atoms with Crippen molar-refractivity contribution < 1.29 is 49.9 Å². The number of nitrogens with one attached hydrogen (secondary N) is 1. The number of aromatic nitrogens is 5. The molecule has 40 heavy (non-hydrogen) atoms. The Morgan fingerprint density at radius 3 is 2.45 bits per heavy atom. The third kappa shape index (κ3) is 6.27. The lowest BCUT2D eigenvalue weighted by Crippen LogP contribution is -2.50. The van der Waals surface area contributed by atoms with Gasteiger partial charge in [0.1, 0.15) is 0 Å². The highest BCUT2D eigenvalue weighted by Crippen LogP contribution is 2.51. The second-order valence-corrected chi connectivity index (χ2v) is 9.03. The highest BCUT2D eigenvalue weighted by atomic mass is 32.2. The molecule has 1 amide bonds. The van der Waals surface area contributed by atoms with Crippen LogP contribution in [0.3, 0.4) is 0 Å². The fourth-order valence-electron chi connectivity index (χ4n) is 2.95. The minimum absolute atomic E-state index is 0.0235. The number of nitro benzene ring substituents is 1. The molecule has 0 radical (unpaired) electrons. The molecule has 2 N–H and O–H groups in total. The first-order chi connectivity index (χ1) is 18.5. The molecule has 216 valence electrons. The fraction of sp³-hybridized carbons (Fsp3) is 0.350. The number of nitro groups is 1. The zero-order chi connectivity index (χ0) is 30.0. The third-order valence-electron chi connectivity index (χ3n) is 5.06. The van der Waals surface area contributed by atoms with E-state index in [1.165, 1.54) is 11.6 Å². The van der Waals surface area contributed by atoms with Crippen LogP contribution in [0.1, 0.15) is 29.3 Å². The number of hydrogen-bond acceptors (Lipinski definition) is 9. The largest absolute Gasteiger partial charge is 0.460 e. The molecule has 0 spiro atoms. The van der Waals surface area contributed by atoms with E-state index in [4.69, 9.17) is 0 Å². The number of nitrogens with zero attached hydrogens (tertiary/aromatic N) is 6. The predicted octanol–water partition coefficient (Wildman–Crippen LogP) is 4.58. The number of hydrogen-bond donors (Lipinski definition) is 2. The summed E-state index contributed by atoms with van der Waals surface area (Å²) in [6, 6.07) is 2.55. The molecule has 20 heteroatoms. The number of pyridine rings is 1. The average molecular weight is 601 g/mol. The van der Waals surface area contributed by atoms with Gasteiger partial charge in [-0.25, -0.2) is 14.1 Å². The number of aliphatic hydroxyl groups excluding tert-OH is 1. The zero-order valence-electron chi connectivity index (χ0n) is 19.7. The van der Waals surface area contributed by atoms with E-state index in [0.717, 1.165) is 30.0 Å². The number of benzene rings is 1. The maximum absolute atomic E-state index is 14.5. The molecule has 0 saturated carbocycles. The van der Waals surface area contributed by atoms with Crippen molar-refractivity contribution in [1.29, 1.82) is 0 Å². The van der Waals surface area contributed by atoms with E-state index in [0.29, 0.717) is 0 Å². The maximum atomic E-state index is 14.5. The monoisotopic (exact) mass is 601 g/mol. The Morgan fingerprint density at radius 1 is 1.20 bits per heavy atom. The van der Waals surface area contributed by atoms with Crippen molar-refractivity contribution in [2.24, 2.45) is 0 Å². The van der Waals surface area contributed by atoms with Crippen molar-refractivity contribution in [2.45, 2.75) is 54.1 Å². The smallest absolute Gasteiger partial charge is 0.393 e. The molecule has 0 aliphatic heterocycles. The summed E-state index contributed by atoms with van der Waals surface area (Å²) in [5, 5.41) is 33.5. The summed E-state index contributed by atoms with van der Waals surface area (Å²) < 4.78 is 107. The van der Waals surface area contributed by atoms with Crippen LogP contribution in [-0.2, 0) is 12.5 Å². The molecule has 0 saturated heterocycles. The first-order valence-corrected chi connectivity index (χ1v) is 11.5. The first-order valence-electron chi connectivity index (χ1n) is 10.7. The lowest BCUT2D eigenvalue weighted by molar-refractivity contribution is -0.384. The van der Waals surface area contributed by atoms with Gasteiger partial charge in [0.05, 0.1) is 16.6 Å². The van der Waals surface area contributed by atoms with E-state index in [2.05, 4.69) is 20.5 Å². The number of aryl methyl sites for hydroxylation is 1. The minimum Gasteiger partial charge on any atom is -0.393 e. The van der Waals surface area contributed by atoms with Gasteiger partial charge in [0.15, 0.2) is 11.6 Å². The van der Waals surface area contributed by atoms with E-state index < -0.39 is 63.4 Å². The number of carbonyl (C=O) groups excluding carboxylic acids is 1. The SMILES string of the molecule is CC(O)CCn1nnnc1Sc1ccc([N+](=O)[O-])cc1C(=O)Nc1ncc(C(F)(F)C(F)(F)C(F)(F)F)cc1F. The number of tetrazole rings is 1. The molecule has 3 rings (SSSR count). The van der Waals surface area contributed by atoms with E-state index >= 15 is 0 Å². The summed E-state index contributed by atoms with van der Waals surface area (Å²) in [6.07, 6.45) is -7.33. The van der Waals surface area contributed by atoms with E-state index in [1.807, 2.05) is 5.32 Å². The molecule has 1 aromatic carbocycles. The summed E-state index contributed by atoms with van der Waals surface area (Å²) in [4.78, 5) is 26.3. The lowest BCUT2D eigenvalue weighted by atomic mass is 10.0. The summed E-state index contributed by atoms with van der Waals surface area (Å²) in [5.74, 6) is -16.8. The van der Waals surface area contributed by atoms with E-state index in [9.17, 15) is 55.1 Å². The van der Waals surface area contributed by atoms with Gasteiger partial charge in [-0.1, -0.05) is 0 Å². The highest BCUT2D eigenvalue weighted by molar-refractivity contribution is 7.99. The molecule has 2 aromatic heterocycles. The minimum atomic E-state index is -6.67. The Bertz CT molecular complexity index is 1420. The molecular formula is C20H15F8N7O4S. The highest BCUT2D eigenvalue weighted by Gasteiger charge is 2.73. The molecule has 0 aliphatic rings. The van der Waals surface area contributed by atoms with Crippen LogP contribution in [0.2, 0.25) is 0 Å². The van der Waals surface area contributed by atoms with Crippen molar-refractivity contribution in [3.8, 4) is 0 Å². The van der Waals surface area contributed by atoms with Crippen LogP contribution in [0.4, 0.5) is 46.6 Å². The van der Waals surface area contributed by atoms with Crippen LogP contribution in [0, 0.1) is 15.9 Å². The van der Waals surface area contributed by atoms with Crippen molar-refractivity contribution >= 4 is 29.2 Å². The Labute approximate surface area is 221 Å². The summed E-state index contributed by atoms with van der Waals surface area (Å²) in [5.41, 5.74) is -3.20. The Kier molecular flexibility index (Phi) is 8.63. The van der Waals surface area contributed by atoms with Gasteiger partial charge in [0, 0.05) is 35.3 Å². The lowest BCUT2D eigenvalue weighted by Gasteiger charge is -2.28.